The van der Waals surface area contributed by atoms with E-state index in [0.29, 0.717) is 6.54 Å². The van der Waals surface area contributed by atoms with Crippen molar-refractivity contribution >= 4 is 34.3 Å². The summed E-state index contributed by atoms with van der Waals surface area (Å²) in [6.45, 7) is 0.295. The molecule has 2 aromatic heterocycles. The molecule has 1 aromatic carbocycles. The molecule has 1 unspecified atom stereocenters. The second-order valence-corrected chi connectivity index (χ2v) is 7.39. The monoisotopic (exact) mass is 374 g/mol. The van der Waals surface area contributed by atoms with Gasteiger partial charge in [-0.3, -0.25) is 14.9 Å². The summed E-state index contributed by atoms with van der Waals surface area (Å²) in [7, 11) is 0. The summed E-state index contributed by atoms with van der Waals surface area (Å²) in [6.07, 6.45) is -0.661. The van der Waals surface area contributed by atoms with Gasteiger partial charge in [0.15, 0.2) is 0 Å². The fourth-order valence-electron chi connectivity index (χ4n) is 2.25. The summed E-state index contributed by atoms with van der Waals surface area (Å²) < 4.78 is 0. The zero-order valence-electron chi connectivity index (χ0n) is 12.9. The predicted octanol–water partition coefficient (Wildman–Crippen LogP) is 3.73. The third-order valence-corrected chi connectivity index (χ3v) is 5.57. The Morgan fingerprint density at radius 1 is 1.20 bits per heavy atom. The van der Waals surface area contributed by atoms with E-state index in [2.05, 4.69) is 5.32 Å². The quantitative estimate of drug-likeness (QED) is 0.508. The first-order valence-electron chi connectivity index (χ1n) is 7.37. The molecule has 0 saturated carbocycles. The number of hydrogen-bond donors (Lipinski definition) is 2. The Bertz CT molecular complexity index is 890. The number of nitro groups is 1. The molecule has 0 aliphatic heterocycles. The average Bonchev–Trinajstić information content (AvgIpc) is 3.31. The molecule has 2 N–H and O–H groups in total. The fourth-order valence-corrected chi connectivity index (χ4v) is 4.01. The third-order valence-electron chi connectivity index (χ3n) is 3.51. The first kappa shape index (κ1) is 17.3. The molecule has 3 aromatic rings. The van der Waals surface area contributed by atoms with E-state index in [1.807, 2.05) is 29.6 Å². The Balaban J connectivity index is 1.63. The van der Waals surface area contributed by atoms with Gasteiger partial charge in [-0.15, -0.1) is 22.7 Å². The van der Waals surface area contributed by atoms with Crippen molar-refractivity contribution in [2.45, 2.75) is 12.6 Å². The van der Waals surface area contributed by atoms with Crippen molar-refractivity contribution in [2.75, 3.05) is 0 Å². The Kier molecular flexibility index (Phi) is 5.22. The number of carbonyl (C=O) groups is 1. The van der Waals surface area contributed by atoms with Crippen molar-refractivity contribution in [3.8, 4) is 0 Å². The third kappa shape index (κ3) is 4.11. The summed E-state index contributed by atoms with van der Waals surface area (Å²) >= 11 is 2.90. The molecule has 25 heavy (non-hydrogen) atoms. The van der Waals surface area contributed by atoms with E-state index in [1.54, 1.807) is 0 Å². The van der Waals surface area contributed by atoms with Crippen molar-refractivity contribution in [1.29, 1.82) is 0 Å². The minimum Gasteiger partial charge on any atom is -0.382 e. The van der Waals surface area contributed by atoms with Crippen LogP contribution in [0.2, 0.25) is 0 Å². The number of benzene rings is 1. The van der Waals surface area contributed by atoms with Crippen LogP contribution in [0.15, 0.2) is 53.9 Å². The predicted molar refractivity (Wildman–Crippen MR) is 97.0 cm³/mol. The van der Waals surface area contributed by atoms with E-state index in [0.717, 1.165) is 14.6 Å². The van der Waals surface area contributed by atoms with E-state index in [9.17, 15) is 20.0 Å². The molecule has 3 rings (SSSR count). The fraction of sp³-hybridized carbons (Fsp3) is 0.118. The molecule has 0 bridgehead atoms. The first-order valence-corrected chi connectivity index (χ1v) is 9.07. The lowest BCUT2D eigenvalue weighted by atomic mass is 10.2. The van der Waals surface area contributed by atoms with Crippen LogP contribution < -0.4 is 5.32 Å². The SMILES string of the molecule is O=C(NCc1ccc(C(O)c2cccs2)s1)c1cccc([N+](=O)[O-])c1. The van der Waals surface area contributed by atoms with Crippen LogP contribution in [0, 0.1) is 10.1 Å². The van der Waals surface area contributed by atoms with E-state index in [4.69, 9.17) is 0 Å². The van der Waals surface area contributed by atoms with Gasteiger partial charge in [-0.2, -0.15) is 0 Å². The highest BCUT2D eigenvalue weighted by molar-refractivity contribution is 7.12. The highest BCUT2D eigenvalue weighted by Gasteiger charge is 2.15. The van der Waals surface area contributed by atoms with Crippen molar-refractivity contribution in [3.63, 3.8) is 0 Å². The molecule has 0 aliphatic carbocycles. The Morgan fingerprint density at radius 2 is 2.04 bits per heavy atom. The van der Waals surface area contributed by atoms with E-state index < -0.39 is 11.0 Å². The number of carbonyl (C=O) groups excluding carboxylic acids is 1. The second-order valence-electron chi connectivity index (χ2n) is 5.21. The number of nitro benzene ring substituents is 1. The lowest BCUT2D eigenvalue weighted by Gasteiger charge is -2.05. The van der Waals surface area contributed by atoms with Gasteiger partial charge in [-0.1, -0.05) is 12.1 Å². The Labute approximate surface area is 151 Å². The minimum absolute atomic E-state index is 0.120. The first-order chi connectivity index (χ1) is 12.0. The van der Waals surface area contributed by atoms with Crippen LogP contribution in [0.4, 0.5) is 5.69 Å². The zero-order valence-corrected chi connectivity index (χ0v) is 14.5. The minimum atomic E-state index is -0.661. The van der Waals surface area contributed by atoms with E-state index in [1.165, 1.54) is 46.9 Å². The summed E-state index contributed by atoms with van der Waals surface area (Å²) in [4.78, 5) is 25.0. The molecular weight excluding hydrogens is 360 g/mol. The molecule has 0 spiro atoms. The maximum Gasteiger partial charge on any atom is 0.270 e. The molecule has 0 fully saturated rings. The van der Waals surface area contributed by atoms with E-state index >= 15 is 0 Å². The lowest BCUT2D eigenvalue weighted by Crippen LogP contribution is -2.22. The molecular formula is C17H14N2O4S2. The maximum absolute atomic E-state index is 12.1. The van der Waals surface area contributed by atoms with Gasteiger partial charge < -0.3 is 10.4 Å². The molecule has 128 valence electrons. The average molecular weight is 374 g/mol. The number of aliphatic hydroxyl groups is 1. The van der Waals surface area contributed by atoms with Crippen molar-refractivity contribution in [1.82, 2.24) is 5.32 Å². The number of aliphatic hydroxyl groups excluding tert-OH is 1. The smallest absolute Gasteiger partial charge is 0.270 e. The van der Waals surface area contributed by atoms with Crippen molar-refractivity contribution < 1.29 is 14.8 Å². The van der Waals surface area contributed by atoms with Gasteiger partial charge in [0, 0.05) is 32.3 Å². The van der Waals surface area contributed by atoms with Crippen LogP contribution in [0.1, 0.15) is 31.1 Å². The second kappa shape index (κ2) is 7.56. The van der Waals surface area contributed by atoms with Gasteiger partial charge in [0.1, 0.15) is 6.10 Å². The van der Waals surface area contributed by atoms with Crippen LogP contribution in [0.5, 0.6) is 0 Å². The maximum atomic E-state index is 12.1. The van der Waals surface area contributed by atoms with Gasteiger partial charge in [-0.25, -0.2) is 0 Å². The molecule has 1 atom stereocenters. The molecule has 2 heterocycles. The number of hydrogen-bond acceptors (Lipinski definition) is 6. The van der Waals surface area contributed by atoms with Crippen LogP contribution in [0.3, 0.4) is 0 Å². The molecule has 8 heteroatoms. The van der Waals surface area contributed by atoms with Gasteiger partial charge in [0.2, 0.25) is 0 Å². The van der Waals surface area contributed by atoms with Gasteiger partial charge in [0.25, 0.3) is 11.6 Å². The molecule has 0 aliphatic rings. The zero-order chi connectivity index (χ0) is 17.8. The lowest BCUT2D eigenvalue weighted by molar-refractivity contribution is -0.384. The number of rotatable bonds is 6. The van der Waals surface area contributed by atoms with Crippen LogP contribution in [0.25, 0.3) is 0 Å². The highest BCUT2D eigenvalue weighted by atomic mass is 32.1. The molecule has 0 radical (unpaired) electrons. The molecule has 0 saturated heterocycles. The van der Waals surface area contributed by atoms with Gasteiger partial charge >= 0.3 is 0 Å². The van der Waals surface area contributed by atoms with Crippen LogP contribution in [-0.4, -0.2) is 15.9 Å². The molecule has 6 nitrogen and oxygen atoms in total. The standard InChI is InChI=1S/C17H14N2O4S2/c20-16(14-5-2-8-24-14)15-7-6-13(25-15)10-18-17(21)11-3-1-4-12(9-11)19(22)23/h1-9,16,20H,10H2,(H,18,21). The summed E-state index contributed by atoms with van der Waals surface area (Å²) in [6, 6.07) is 13.0. The van der Waals surface area contributed by atoms with Crippen molar-refractivity contribution in [3.05, 3.63) is 84.2 Å². The number of thiophene rings is 2. The van der Waals surface area contributed by atoms with Crippen molar-refractivity contribution in [2.24, 2.45) is 0 Å². The topological polar surface area (TPSA) is 92.5 Å². The molecule has 1 amide bonds. The number of nitrogens with zero attached hydrogens (tertiary/aromatic N) is 1. The van der Waals surface area contributed by atoms with E-state index in [-0.39, 0.29) is 17.2 Å². The van der Waals surface area contributed by atoms with Gasteiger partial charge in [-0.05, 0) is 29.6 Å². The van der Waals surface area contributed by atoms with Gasteiger partial charge in [0.05, 0.1) is 11.5 Å². The summed E-state index contributed by atoms with van der Waals surface area (Å²) in [5, 5.41) is 25.7. The van der Waals surface area contributed by atoms with Crippen LogP contribution >= 0.6 is 22.7 Å². The summed E-state index contributed by atoms with van der Waals surface area (Å²) in [5.41, 5.74) is 0.120. The number of amides is 1. The number of non-ortho nitro benzene ring substituents is 1. The summed E-state index contributed by atoms with van der Waals surface area (Å²) in [5.74, 6) is -0.377. The normalized spacial score (nSPS) is 11.9. The largest absolute Gasteiger partial charge is 0.382 e. The Morgan fingerprint density at radius 3 is 2.76 bits per heavy atom. The van der Waals surface area contributed by atoms with Crippen LogP contribution in [-0.2, 0) is 6.54 Å². The number of nitrogens with one attached hydrogen (secondary N) is 1. The highest BCUT2D eigenvalue weighted by Crippen LogP contribution is 2.30. The Hall–Kier alpha value is -2.55.